The third-order valence-electron chi connectivity index (χ3n) is 16.6. The lowest BCUT2D eigenvalue weighted by Gasteiger charge is -1.96. The summed E-state index contributed by atoms with van der Waals surface area (Å²) in [6.45, 7) is 35.4. The van der Waals surface area contributed by atoms with Crippen LogP contribution in [0.4, 0.5) is 5.69 Å². The molecule has 10 heterocycles. The van der Waals surface area contributed by atoms with Crippen molar-refractivity contribution in [3.63, 3.8) is 0 Å². The zero-order valence-corrected chi connectivity index (χ0v) is 63.5. The van der Waals surface area contributed by atoms with Crippen molar-refractivity contribution in [3.05, 3.63) is 338 Å². The van der Waals surface area contributed by atoms with Crippen LogP contribution in [0.5, 0.6) is 11.5 Å². The highest BCUT2D eigenvalue weighted by molar-refractivity contribution is 7.19. The topological polar surface area (TPSA) is 196 Å². The number of pyridine rings is 3. The van der Waals surface area contributed by atoms with Gasteiger partial charge in [0.25, 0.3) is 0 Å². The molecular weight excluding hydrogens is 1330 g/mol. The number of rotatable bonds is 0. The van der Waals surface area contributed by atoms with Gasteiger partial charge in [-0.05, 0) is 245 Å². The molecule has 18 rings (SSSR count). The summed E-state index contributed by atoms with van der Waals surface area (Å²) in [4.78, 5) is 36.5. The number of hydrogen-bond acceptors (Lipinski definition) is 10. The number of aromatic hydroxyl groups is 2. The average molecular weight is 1420 g/mol. The number of hydrogen-bond donors (Lipinski definition) is 6. The molecule has 15 heteroatoms. The number of aryl methyl sites for hydroxylation is 14. The lowest BCUT2D eigenvalue weighted by atomic mass is 10.1. The highest BCUT2D eigenvalue weighted by Gasteiger charge is 2.05. The van der Waals surface area contributed by atoms with Crippen LogP contribution >= 0.6 is 22.7 Å². The van der Waals surface area contributed by atoms with Crippen LogP contribution in [0.15, 0.2) is 248 Å². The molecule has 18 aromatic rings. The SMILES string of the molecule is Cc1[nH]c2cc(O)ccc2c1C.Cc1cc2cccnc2s1.Cc1cc2ncccc2s1.Cc1ccc2[nH]c(C)cc2c1.Cc1ccc2c(C)c[nH]c2c1.Cc1ccc2cnccc2c1.Cc1ccc2oc(C)cc2c1.Cc1cccc(C#N)c1.Cc1nc2ccc(O)cc2[nH]1.[C-]#[N+]c1ccc(C)cc1. The van der Waals surface area contributed by atoms with E-state index in [2.05, 4.69) is 216 Å². The summed E-state index contributed by atoms with van der Waals surface area (Å²) in [6.07, 6.45) is 9.41. The average Bonchev–Trinajstić information content (AvgIpc) is 1.47. The smallest absolute Gasteiger partial charge is 0.187 e. The Hall–Kier alpha value is -12.4. The molecule has 0 fully saturated rings. The molecular formula is C90H88N10O3S2. The van der Waals surface area contributed by atoms with Gasteiger partial charge < -0.3 is 34.6 Å². The number of nitrogens with zero attached hydrogens (tertiary/aromatic N) is 6. The predicted octanol–water partition coefficient (Wildman–Crippen LogP) is 24.9. The number of aromatic nitrogens is 8. The summed E-state index contributed by atoms with van der Waals surface area (Å²) in [7, 11) is 0. The van der Waals surface area contributed by atoms with Gasteiger partial charge in [-0.25, -0.2) is 14.8 Å². The maximum Gasteiger partial charge on any atom is 0.187 e. The Balaban J connectivity index is 0.000000135. The summed E-state index contributed by atoms with van der Waals surface area (Å²) in [5.74, 6) is 2.42. The fraction of sp³-hybridized carbons (Fsp3) is 0.156. The van der Waals surface area contributed by atoms with Crippen molar-refractivity contribution < 1.29 is 14.6 Å². The van der Waals surface area contributed by atoms with E-state index in [1.54, 1.807) is 59.1 Å². The van der Waals surface area contributed by atoms with Gasteiger partial charge in [-0.15, -0.1) is 22.7 Å². The van der Waals surface area contributed by atoms with Gasteiger partial charge in [-0.1, -0.05) is 107 Å². The summed E-state index contributed by atoms with van der Waals surface area (Å²) >= 11 is 3.53. The van der Waals surface area contributed by atoms with Gasteiger partial charge in [-0.3, -0.25) is 9.97 Å². The second-order valence-corrected chi connectivity index (χ2v) is 28.3. The van der Waals surface area contributed by atoms with Crippen molar-refractivity contribution in [2.45, 2.75) is 96.9 Å². The number of thiophene rings is 2. The van der Waals surface area contributed by atoms with Crippen LogP contribution in [-0.2, 0) is 0 Å². The molecule has 105 heavy (non-hydrogen) atoms. The molecule has 0 aliphatic rings. The number of nitriles is 1. The number of phenols is 2. The van der Waals surface area contributed by atoms with Crippen LogP contribution < -0.4 is 0 Å². The normalized spacial score (nSPS) is 10.2. The molecule has 0 amide bonds. The first kappa shape index (κ1) is 76.8. The lowest BCUT2D eigenvalue weighted by molar-refractivity contribution is 0.475. The fourth-order valence-electron chi connectivity index (χ4n) is 11.2. The Morgan fingerprint density at radius 2 is 1.11 bits per heavy atom. The fourth-order valence-corrected chi connectivity index (χ4v) is 12.9. The maximum absolute atomic E-state index is 9.21. The molecule has 0 aliphatic heterocycles. The number of nitrogens with one attached hydrogen (secondary N) is 4. The Morgan fingerprint density at radius 3 is 1.84 bits per heavy atom. The van der Waals surface area contributed by atoms with Gasteiger partial charge in [0.15, 0.2) is 5.69 Å². The molecule has 0 saturated carbocycles. The number of phenolic OH excluding ortho intramolecular Hbond substituents is 2. The zero-order valence-electron chi connectivity index (χ0n) is 61.9. The van der Waals surface area contributed by atoms with E-state index in [-0.39, 0.29) is 5.75 Å². The first-order chi connectivity index (χ1) is 50.4. The van der Waals surface area contributed by atoms with E-state index in [1.165, 1.54) is 108 Å². The monoisotopic (exact) mass is 1420 g/mol. The minimum absolute atomic E-state index is 0.265. The van der Waals surface area contributed by atoms with Gasteiger partial charge in [0.1, 0.15) is 33.5 Å². The first-order valence-electron chi connectivity index (χ1n) is 34.3. The Kier molecular flexibility index (Phi) is 27.0. The molecule has 0 aliphatic carbocycles. The lowest BCUT2D eigenvalue weighted by Crippen LogP contribution is -1.75. The summed E-state index contributed by atoms with van der Waals surface area (Å²) in [5, 5.41) is 35.5. The van der Waals surface area contributed by atoms with Crippen LogP contribution in [-0.4, -0.2) is 50.1 Å². The molecule has 0 unspecified atom stereocenters. The Morgan fingerprint density at radius 1 is 0.467 bits per heavy atom. The highest BCUT2D eigenvalue weighted by atomic mass is 32.1. The number of imidazole rings is 1. The van der Waals surface area contributed by atoms with E-state index in [1.807, 2.05) is 138 Å². The molecule has 0 saturated heterocycles. The van der Waals surface area contributed by atoms with Gasteiger partial charge in [0.05, 0.1) is 39.5 Å². The molecule has 8 aromatic carbocycles. The van der Waals surface area contributed by atoms with Gasteiger partial charge in [-0.2, -0.15) is 5.26 Å². The van der Waals surface area contributed by atoms with Crippen molar-refractivity contribution >= 4 is 114 Å². The maximum atomic E-state index is 9.21. The number of H-pyrrole nitrogens is 4. The van der Waals surface area contributed by atoms with Crippen molar-refractivity contribution in [3.8, 4) is 17.6 Å². The standard InChI is InChI=1S/C10H11NO.2C10H11N.C10H9N.C10H10O.C8H8N2O.2C8H7NS.2C8H7N/c1-6-7(2)11-10-5-8(12)3-4-9(6)10;1-7-3-4-10-9(5-7)6-8(2)11-10;1-7-3-4-9-8(2)6-11-10(9)5-7;1-8-2-3-10-7-11-5-4-9(10)6-8;1-7-3-4-10-9(5-7)6-8(2)11-10;1-5-9-7-3-2-6(11)4-8(7)10-5;1-6-5-7-8(10-6)3-2-4-9-7;1-6-5-7-3-2-4-9-8(7)10-6;1-7-3-5-8(9-2)6-4-7;1-7-3-2-4-8(5-7)6-9/h3-5,11-12H,1-2H3;2*3-6,11H,1-2H3;2-7H,1H3;3-6H,1-2H3;2-4,11H,1H3,(H,9,10);2*2-5H,1H3;3-6H,1H3;2-5H,1H3. The van der Waals surface area contributed by atoms with Crippen LogP contribution in [0.3, 0.4) is 0 Å². The van der Waals surface area contributed by atoms with Crippen LogP contribution in [0.2, 0.25) is 0 Å². The second-order valence-electron chi connectivity index (χ2n) is 25.7. The predicted molar refractivity (Wildman–Crippen MR) is 442 cm³/mol. The quantitative estimate of drug-likeness (QED) is 0.0807. The van der Waals surface area contributed by atoms with E-state index in [0.29, 0.717) is 11.4 Å². The summed E-state index contributed by atoms with van der Waals surface area (Å²) in [6, 6.07) is 71.7. The largest absolute Gasteiger partial charge is 0.508 e. The van der Waals surface area contributed by atoms with Gasteiger partial charge >= 0.3 is 0 Å². The third-order valence-corrected chi connectivity index (χ3v) is 18.5. The van der Waals surface area contributed by atoms with Crippen LogP contribution in [0.1, 0.15) is 82.8 Å². The Bertz CT molecular complexity index is 5610. The summed E-state index contributed by atoms with van der Waals surface area (Å²) in [5.41, 5.74) is 21.3. The zero-order chi connectivity index (χ0) is 75.1. The van der Waals surface area contributed by atoms with Crippen molar-refractivity contribution in [2.75, 3.05) is 0 Å². The number of fused-ring (bicyclic) bond motifs is 8. The van der Waals surface area contributed by atoms with E-state index in [0.717, 1.165) is 60.9 Å². The molecule has 0 bridgehead atoms. The molecule has 0 radical (unpaired) electrons. The molecule has 0 spiro atoms. The molecule has 528 valence electrons. The summed E-state index contributed by atoms with van der Waals surface area (Å²) < 4.78 is 6.70. The van der Waals surface area contributed by atoms with Crippen molar-refractivity contribution in [1.82, 2.24) is 39.9 Å². The van der Waals surface area contributed by atoms with Gasteiger partial charge in [0.2, 0.25) is 0 Å². The molecule has 6 N–H and O–H groups in total. The number of furan rings is 1. The highest BCUT2D eigenvalue weighted by Crippen LogP contribution is 2.27. The molecule has 10 aromatic heterocycles. The van der Waals surface area contributed by atoms with E-state index < -0.39 is 0 Å². The van der Waals surface area contributed by atoms with Crippen LogP contribution in [0.25, 0.3) is 90.8 Å². The molecule has 0 atom stereocenters. The van der Waals surface area contributed by atoms with E-state index >= 15 is 0 Å². The minimum atomic E-state index is 0.265. The van der Waals surface area contributed by atoms with Gasteiger partial charge in [0, 0.05) is 108 Å². The molecule has 13 nitrogen and oxygen atoms in total. The van der Waals surface area contributed by atoms with Crippen LogP contribution in [0, 0.1) is 115 Å². The third kappa shape index (κ3) is 22.8. The van der Waals surface area contributed by atoms with Crippen molar-refractivity contribution in [1.29, 1.82) is 5.26 Å². The minimum Gasteiger partial charge on any atom is -0.508 e. The second kappa shape index (κ2) is 37.0. The Labute approximate surface area is 622 Å². The van der Waals surface area contributed by atoms with Crippen molar-refractivity contribution in [2.24, 2.45) is 0 Å². The first-order valence-corrected chi connectivity index (χ1v) is 35.9. The van der Waals surface area contributed by atoms with E-state index in [4.69, 9.17) is 21.4 Å². The number of aromatic amines is 4. The van der Waals surface area contributed by atoms with E-state index in [9.17, 15) is 5.11 Å². The number of benzene rings is 8.